The molecule has 5 aromatic carbocycles. The Morgan fingerprint density at radius 3 is 1.97 bits per heavy atom. The average molecular weight is 818 g/mol. The van der Waals surface area contributed by atoms with Gasteiger partial charge < -0.3 is 14.4 Å². The number of benzene rings is 5. The van der Waals surface area contributed by atoms with E-state index in [0.29, 0.717) is 0 Å². The van der Waals surface area contributed by atoms with Gasteiger partial charge in [-0.3, -0.25) is 0 Å². The molecule has 0 spiro atoms. The Kier molecular flexibility index (Phi) is 6.91. The van der Waals surface area contributed by atoms with Crippen LogP contribution in [0.1, 0.15) is 143 Å². The molecule has 0 amide bonds. The normalized spacial score (nSPS) is 27.1. The summed E-state index contributed by atoms with van der Waals surface area (Å²) in [5.41, 5.74) is 20.6. The molecule has 0 N–H and O–H groups in total. The summed E-state index contributed by atoms with van der Waals surface area (Å²) in [5, 5.41) is 2.80. The maximum atomic E-state index is 2.94. The van der Waals surface area contributed by atoms with Crippen molar-refractivity contribution in [3.8, 4) is 5.69 Å². The first-order valence-corrected chi connectivity index (χ1v) is 24.4. The molecule has 2 saturated carbocycles. The van der Waals surface area contributed by atoms with Gasteiger partial charge in [0.05, 0.1) is 26.8 Å². The zero-order valence-corrected chi connectivity index (χ0v) is 38.9. The standard InChI is InChI=1S/C56H60BN3S/c1-51(2,3)33-22-23-42-39(29-33)54(8)25-14-15-26-55(54,9)59(42)35-31-43-46-44(32-35)60-49-38(53(7)24-13-16-27-56(53,60)10)19-17-20-40(49)57(46)41-30-34(52(4,5)6)28-37-47(41)58(43)48-36-18-11-12-21-45(36)61-50(37)48/h11-12,17-23,28-32H,13-16,24-27H2,1-10H3. The maximum absolute atomic E-state index is 2.94. The molecule has 2 fully saturated rings. The van der Waals surface area contributed by atoms with Crippen LogP contribution in [0.2, 0.25) is 0 Å². The van der Waals surface area contributed by atoms with Crippen molar-refractivity contribution >= 4 is 88.4 Å². The molecule has 13 rings (SSSR count). The van der Waals surface area contributed by atoms with E-state index in [1.165, 1.54) is 139 Å². The number of fused-ring (bicyclic) bond motifs is 15. The minimum Gasteiger partial charge on any atom is -0.335 e. The molecule has 0 radical (unpaired) electrons. The molecule has 0 bridgehead atoms. The van der Waals surface area contributed by atoms with E-state index >= 15 is 0 Å². The predicted octanol–water partition coefficient (Wildman–Crippen LogP) is 13.2. The molecule has 6 aliphatic rings. The fourth-order valence-corrected chi connectivity index (χ4v) is 15.6. The maximum Gasteiger partial charge on any atom is 0.252 e. The van der Waals surface area contributed by atoms with E-state index in [9.17, 15) is 0 Å². The first kappa shape index (κ1) is 37.1. The van der Waals surface area contributed by atoms with Gasteiger partial charge in [0.2, 0.25) is 0 Å². The van der Waals surface area contributed by atoms with Crippen molar-refractivity contribution in [3.63, 3.8) is 0 Å². The van der Waals surface area contributed by atoms with Gasteiger partial charge in [-0.15, -0.1) is 11.3 Å². The van der Waals surface area contributed by atoms with Crippen LogP contribution in [0, 0.1) is 0 Å². The van der Waals surface area contributed by atoms with E-state index in [0.717, 1.165) is 0 Å². The second-order valence-corrected chi connectivity index (χ2v) is 24.2. The summed E-state index contributed by atoms with van der Waals surface area (Å²) in [7, 11) is 0. The lowest BCUT2D eigenvalue weighted by Crippen LogP contribution is -2.64. The fraction of sp³-hybridized carbons (Fsp3) is 0.429. The highest BCUT2D eigenvalue weighted by Gasteiger charge is 2.62. The molecule has 0 saturated heterocycles. The Hall–Kier alpha value is -4.48. The summed E-state index contributed by atoms with van der Waals surface area (Å²) in [6.07, 6.45) is 9.99. The molecule has 4 atom stereocenters. The SMILES string of the molecule is CC(C)(C)c1ccc2c(c1)C1(C)CCCCC1(C)N2c1cc2c3c(c1)-n1c4c(cc(C(C)(C)C)cc4c4sc5ccccc5c41)B3c1cccc3c1N2C1(C)CCCCC31C. The summed E-state index contributed by atoms with van der Waals surface area (Å²) in [6.45, 7) is 25.0. The van der Waals surface area contributed by atoms with Gasteiger partial charge in [0.15, 0.2) is 0 Å². The molecule has 308 valence electrons. The van der Waals surface area contributed by atoms with Gasteiger partial charge in [0.25, 0.3) is 6.71 Å². The lowest BCUT2D eigenvalue weighted by molar-refractivity contribution is 0.194. The van der Waals surface area contributed by atoms with Gasteiger partial charge >= 0.3 is 0 Å². The third kappa shape index (κ3) is 4.25. The van der Waals surface area contributed by atoms with E-state index in [2.05, 4.69) is 169 Å². The first-order chi connectivity index (χ1) is 29.0. The Bertz CT molecular complexity index is 3120. The van der Waals surface area contributed by atoms with Crippen LogP contribution in [0.4, 0.5) is 22.7 Å². The van der Waals surface area contributed by atoms with Gasteiger partial charge in [-0.25, -0.2) is 0 Å². The number of anilines is 4. The van der Waals surface area contributed by atoms with Gasteiger partial charge in [-0.05, 0) is 119 Å². The highest BCUT2D eigenvalue weighted by atomic mass is 32.1. The van der Waals surface area contributed by atoms with Gasteiger partial charge in [0, 0.05) is 54.7 Å². The molecule has 2 aliphatic carbocycles. The molecule has 2 aromatic heterocycles. The van der Waals surface area contributed by atoms with Crippen molar-refractivity contribution in [1.29, 1.82) is 0 Å². The van der Waals surface area contributed by atoms with Crippen LogP contribution in [0.25, 0.3) is 36.9 Å². The molecule has 3 nitrogen and oxygen atoms in total. The quantitative estimate of drug-likeness (QED) is 0.153. The second kappa shape index (κ2) is 11.4. The van der Waals surface area contributed by atoms with Crippen molar-refractivity contribution < 1.29 is 0 Å². The second-order valence-electron chi connectivity index (χ2n) is 23.2. The Labute approximate surface area is 367 Å². The monoisotopic (exact) mass is 817 g/mol. The number of nitrogens with zero attached hydrogens (tertiary/aromatic N) is 3. The van der Waals surface area contributed by atoms with Gasteiger partial charge in [-0.1, -0.05) is 136 Å². The van der Waals surface area contributed by atoms with Crippen LogP contribution in [0.5, 0.6) is 0 Å². The molecular weight excluding hydrogens is 758 g/mol. The van der Waals surface area contributed by atoms with E-state index in [1.807, 2.05) is 11.3 Å². The van der Waals surface area contributed by atoms with Crippen LogP contribution in [-0.2, 0) is 21.7 Å². The lowest BCUT2D eigenvalue weighted by atomic mass is 9.33. The zero-order valence-electron chi connectivity index (χ0n) is 38.1. The topological polar surface area (TPSA) is 11.4 Å². The van der Waals surface area contributed by atoms with Crippen LogP contribution >= 0.6 is 11.3 Å². The Morgan fingerprint density at radius 2 is 1.23 bits per heavy atom. The van der Waals surface area contributed by atoms with Crippen molar-refractivity contribution in [2.24, 2.45) is 0 Å². The number of hydrogen-bond donors (Lipinski definition) is 0. The lowest BCUT2D eigenvalue weighted by Gasteiger charge is -2.53. The molecule has 6 heterocycles. The van der Waals surface area contributed by atoms with Crippen LogP contribution in [0.3, 0.4) is 0 Å². The largest absolute Gasteiger partial charge is 0.335 e. The minimum atomic E-state index is -0.0545. The first-order valence-electron chi connectivity index (χ1n) is 23.6. The van der Waals surface area contributed by atoms with Gasteiger partial charge in [-0.2, -0.15) is 0 Å². The molecule has 7 aromatic rings. The fourth-order valence-electron chi connectivity index (χ4n) is 14.4. The van der Waals surface area contributed by atoms with E-state index in [4.69, 9.17) is 0 Å². The number of aromatic nitrogens is 1. The Morgan fingerprint density at radius 1 is 0.557 bits per heavy atom. The van der Waals surface area contributed by atoms with Crippen LogP contribution < -0.4 is 26.2 Å². The molecular formula is C56H60BN3S. The van der Waals surface area contributed by atoms with Gasteiger partial charge in [0.1, 0.15) is 0 Å². The Balaban J connectivity index is 1.20. The van der Waals surface area contributed by atoms with Crippen molar-refractivity contribution in [3.05, 3.63) is 107 Å². The van der Waals surface area contributed by atoms with Crippen molar-refractivity contribution in [1.82, 2.24) is 4.57 Å². The van der Waals surface area contributed by atoms with E-state index < -0.39 is 0 Å². The number of thiophene rings is 1. The summed E-state index contributed by atoms with van der Waals surface area (Å²) in [4.78, 5) is 5.82. The number of para-hydroxylation sites is 1. The summed E-state index contributed by atoms with van der Waals surface area (Å²) < 4.78 is 5.58. The number of hydrogen-bond acceptors (Lipinski definition) is 3. The summed E-state index contributed by atoms with van der Waals surface area (Å²) >= 11 is 2.00. The molecule has 5 heteroatoms. The summed E-state index contributed by atoms with van der Waals surface area (Å²) in [5.74, 6) is 0. The van der Waals surface area contributed by atoms with Crippen LogP contribution in [-0.4, -0.2) is 22.4 Å². The predicted molar refractivity (Wildman–Crippen MR) is 264 cm³/mol. The van der Waals surface area contributed by atoms with E-state index in [1.54, 1.807) is 11.1 Å². The number of rotatable bonds is 1. The van der Waals surface area contributed by atoms with E-state index in [-0.39, 0.29) is 39.5 Å². The molecule has 4 aliphatic heterocycles. The third-order valence-corrected chi connectivity index (χ3v) is 19.4. The summed E-state index contributed by atoms with van der Waals surface area (Å²) in [6, 6.07) is 34.8. The third-order valence-electron chi connectivity index (χ3n) is 18.2. The molecule has 4 unspecified atom stereocenters. The van der Waals surface area contributed by atoms with Crippen molar-refractivity contribution in [2.75, 3.05) is 9.80 Å². The van der Waals surface area contributed by atoms with Crippen LogP contribution in [0.15, 0.2) is 84.9 Å². The zero-order chi connectivity index (χ0) is 42.0. The smallest absolute Gasteiger partial charge is 0.252 e. The van der Waals surface area contributed by atoms with Crippen molar-refractivity contribution in [2.45, 2.75) is 153 Å². The molecule has 61 heavy (non-hydrogen) atoms. The highest BCUT2D eigenvalue weighted by molar-refractivity contribution is 7.26. The highest BCUT2D eigenvalue weighted by Crippen LogP contribution is 2.64. The average Bonchev–Trinajstić information content (AvgIpc) is 3.88. The minimum absolute atomic E-state index is 0.0100.